The zero-order valence-electron chi connectivity index (χ0n) is 8.74. The summed E-state index contributed by atoms with van der Waals surface area (Å²) in [6.07, 6.45) is 4.44. The third-order valence-electron chi connectivity index (χ3n) is 3.23. The summed E-state index contributed by atoms with van der Waals surface area (Å²) >= 11 is 0. The molecule has 1 fully saturated rings. The Labute approximate surface area is 85.8 Å². The lowest BCUT2D eigenvalue weighted by Crippen LogP contribution is -2.22. The van der Waals surface area contributed by atoms with Crippen LogP contribution in [0.2, 0.25) is 0 Å². The number of aliphatic hydroxyl groups is 1. The highest BCUT2D eigenvalue weighted by molar-refractivity contribution is 5.25. The van der Waals surface area contributed by atoms with Crippen molar-refractivity contribution in [2.24, 2.45) is 0 Å². The first kappa shape index (κ1) is 9.72. The minimum absolute atomic E-state index is 0.119. The summed E-state index contributed by atoms with van der Waals surface area (Å²) in [4.78, 5) is 0. The summed E-state index contributed by atoms with van der Waals surface area (Å²) in [6.45, 7) is 2.10. The summed E-state index contributed by atoms with van der Waals surface area (Å²) in [5.41, 5.74) is 2.60. The SMILES string of the molecule is Cc1ccc([C@@H]2CCCC[C@H]2O)cc1. The second kappa shape index (κ2) is 4.14. The highest BCUT2D eigenvalue weighted by atomic mass is 16.3. The van der Waals surface area contributed by atoms with Gasteiger partial charge in [-0.2, -0.15) is 0 Å². The number of aryl methyl sites for hydroxylation is 1. The van der Waals surface area contributed by atoms with Crippen molar-refractivity contribution >= 4 is 0 Å². The number of hydrogen-bond donors (Lipinski definition) is 1. The van der Waals surface area contributed by atoms with Crippen LogP contribution in [0, 0.1) is 6.92 Å². The molecule has 0 spiro atoms. The third-order valence-corrected chi connectivity index (χ3v) is 3.23. The van der Waals surface area contributed by atoms with Crippen molar-refractivity contribution in [1.29, 1.82) is 0 Å². The molecule has 0 amide bonds. The molecule has 0 unspecified atom stereocenters. The minimum Gasteiger partial charge on any atom is -0.392 e. The molecule has 2 atom stereocenters. The van der Waals surface area contributed by atoms with E-state index in [2.05, 4.69) is 31.2 Å². The van der Waals surface area contributed by atoms with E-state index in [0.717, 1.165) is 12.8 Å². The average molecular weight is 190 g/mol. The molecule has 1 aliphatic rings. The van der Waals surface area contributed by atoms with Crippen molar-refractivity contribution < 1.29 is 5.11 Å². The fourth-order valence-corrected chi connectivity index (χ4v) is 2.31. The third kappa shape index (κ3) is 1.98. The first-order valence-corrected chi connectivity index (χ1v) is 5.52. The Balaban J connectivity index is 2.16. The molecule has 0 heterocycles. The van der Waals surface area contributed by atoms with E-state index >= 15 is 0 Å². The van der Waals surface area contributed by atoms with Crippen LogP contribution in [0.15, 0.2) is 24.3 Å². The fraction of sp³-hybridized carbons (Fsp3) is 0.538. The second-order valence-corrected chi connectivity index (χ2v) is 4.37. The summed E-state index contributed by atoms with van der Waals surface area (Å²) < 4.78 is 0. The van der Waals surface area contributed by atoms with Gasteiger partial charge in [0.05, 0.1) is 6.10 Å². The largest absolute Gasteiger partial charge is 0.392 e. The molecule has 1 aromatic rings. The fourth-order valence-electron chi connectivity index (χ4n) is 2.31. The topological polar surface area (TPSA) is 20.2 Å². The van der Waals surface area contributed by atoms with Crippen molar-refractivity contribution in [1.82, 2.24) is 0 Å². The van der Waals surface area contributed by atoms with Crippen LogP contribution in [-0.4, -0.2) is 11.2 Å². The van der Waals surface area contributed by atoms with Gasteiger partial charge in [0.25, 0.3) is 0 Å². The van der Waals surface area contributed by atoms with Crippen LogP contribution in [0.5, 0.6) is 0 Å². The van der Waals surface area contributed by atoms with E-state index in [-0.39, 0.29) is 6.10 Å². The highest BCUT2D eigenvalue weighted by Gasteiger charge is 2.23. The van der Waals surface area contributed by atoms with E-state index in [4.69, 9.17) is 0 Å². The maximum Gasteiger partial charge on any atom is 0.0608 e. The number of aliphatic hydroxyl groups excluding tert-OH is 1. The van der Waals surface area contributed by atoms with Gasteiger partial charge in [0, 0.05) is 5.92 Å². The molecule has 0 radical (unpaired) electrons. The summed E-state index contributed by atoms with van der Waals surface area (Å²) in [7, 11) is 0. The number of benzene rings is 1. The Kier molecular flexibility index (Phi) is 2.87. The van der Waals surface area contributed by atoms with E-state index in [9.17, 15) is 5.11 Å². The van der Waals surface area contributed by atoms with Gasteiger partial charge in [-0.25, -0.2) is 0 Å². The van der Waals surface area contributed by atoms with Crippen LogP contribution in [0.3, 0.4) is 0 Å². The average Bonchev–Trinajstić information content (AvgIpc) is 2.20. The van der Waals surface area contributed by atoms with Gasteiger partial charge in [-0.3, -0.25) is 0 Å². The first-order valence-electron chi connectivity index (χ1n) is 5.52. The molecule has 1 N–H and O–H groups in total. The Hall–Kier alpha value is -0.820. The molecule has 2 rings (SSSR count). The maximum atomic E-state index is 9.89. The quantitative estimate of drug-likeness (QED) is 0.721. The Morgan fingerprint density at radius 2 is 1.71 bits per heavy atom. The van der Waals surface area contributed by atoms with Gasteiger partial charge in [0.1, 0.15) is 0 Å². The van der Waals surface area contributed by atoms with Crippen molar-refractivity contribution in [2.45, 2.75) is 44.6 Å². The van der Waals surface area contributed by atoms with Crippen molar-refractivity contribution in [3.8, 4) is 0 Å². The van der Waals surface area contributed by atoms with E-state index in [1.165, 1.54) is 24.0 Å². The molecule has 0 saturated heterocycles. The molecule has 0 aromatic heterocycles. The first-order chi connectivity index (χ1) is 6.77. The molecular weight excluding hydrogens is 172 g/mol. The molecule has 14 heavy (non-hydrogen) atoms. The van der Waals surface area contributed by atoms with Gasteiger partial charge in [-0.1, -0.05) is 42.7 Å². The van der Waals surface area contributed by atoms with Gasteiger partial charge >= 0.3 is 0 Å². The maximum absolute atomic E-state index is 9.89. The van der Waals surface area contributed by atoms with Gasteiger partial charge in [-0.15, -0.1) is 0 Å². The van der Waals surface area contributed by atoms with Crippen LogP contribution < -0.4 is 0 Å². The number of rotatable bonds is 1. The Bertz CT molecular complexity index is 289. The molecule has 1 aromatic carbocycles. The van der Waals surface area contributed by atoms with Crippen molar-refractivity contribution in [3.63, 3.8) is 0 Å². The second-order valence-electron chi connectivity index (χ2n) is 4.37. The Morgan fingerprint density at radius 1 is 1.07 bits per heavy atom. The predicted octanol–water partition coefficient (Wildman–Crippen LogP) is 3.01. The van der Waals surface area contributed by atoms with E-state index in [1.54, 1.807) is 0 Å². The predicted molar refractivity (Wildman–Crippen MR) is 58.4 cm³/mol. The normalized spacial score (nSPS) is 27.6. The summed E-state index contributed by atoms with van der Waals surface area (Å²) in [5, 5.41) is 9.89. The monoisotopic (exact) mass is 190 g/mol. The zero-order chi connectivity index (χ0) is 9.97. The molecule has 1 saturated carbocycles. The van der Waals surface area contributed by atoms with E-state index < -0.39 is 0 Å². The van der Waals surface area contributed by atoms with E-state index in [0.29, 0.717) is 5.92 Å². The van der Waals surface area contributed by atoms with Crippen LogP contribution in [0.1, 0.15) is 42.7 Å². The lowest BCUT2D eigenvalue weighted by Gasteiger charge is -2.27. The van der Waals surface area contributed by atoms with Crippen LogP contribution >= 0.6 is 0 Å². The van der Waals surface area contributed by atoms with Crippen molar-refractivity contribution in [3.05, 3.63) is 35.4 Å². The van der Waals surface area contributed by atoms with Gasteiger partial charge in [-0.05, 0) is 25.3 Å². The molecule has 1 aliphatic carbocycles. The Morgan fingerprint density at radius 3 is 2.36 bits per heavy atom. The smallest absolute Gasteiger partial charge is 0.0608 e. The van der Waals surface area contributed by atoms with Crippen LogP contribution in [-0.2, 0) is 0 Å². The van der Waals surface area contributed by atoms with Crippen LogP contribution in [0.25, 0.3) is 0 Å². The summed E-state index contributed by atoms with van der Waals surface area (Å²) in [6, 6.07) is 8.59. The van der Waals surface area contributed by atoms with Gasteiger partial charge in [0.15, 0.2) is 0 Å². The van der Waals surface area contributed by atoms with Gasteiger partial charge < -0.3 is 5.11 Å². The molecule has 0 aliphatic heterocycles. The van der Waals surface area contributed by atoms with Gasteiger partial charge in [0.2, 0.25) is 0 Å². The lowest BCUT2D eigenvalue weighted by molar-refractivity contribution is 0.106. The van der Waals surface area contributed by atoms with Crippen molar-refractivity contribution in [2.75, 3.05) is 0 Å². The molecular formula is C13H18O. The highest BCUT2D eigenvalue weighted by Crippen LogP contribution is 2.32. The molecule has 0 bridgehead atoms. The minimum atomic E-state index is -0.119. The lowest BCUT2D eigenvalue weighted by atomic mass is 9.81. The standard InChI is InChI=1S/C13H18O/c1-10-6-8-11(9-7-10)12-4-2-3-5-13(12)14/h6-9,12-14H,2-5H2,1H3/t12-,13+/m0/s1. The summed E-state index contributed by atoms with van der Waals surface area (Å²) in [5.74, 6) is 0.379. The molecule has 1 heteroatoms. The molecule has 76 valence electrons. The zero-order valence-corrected chi connectivity index (χ0v) is 8.74. The molecule has 1 nitrogen and oxygen atoms in total. The van der Waals surface area contributed by atoms with E-state index in [1.807, 2.05) is 0 Å². The van der Waals surface area contributed by atoms with Crippen LogP contribution in [0.4, 0.5) is 0 Å². The number of hydrogen-bond acceptors (Lipinski definition) is 1.